The topological polar surface area (TPSA) is 66.6 Å². The zero-order chi connectivity index (χ0) is 12.5. The van der Waals surface area contributed by atoms with Crippen LogP contribution in [0.25, 0.3) is 0 Å². The molecule has 0 spiro atoms. The van der Waals surface area contributed by atoms with E-state index in [0.717, 1.165) is 25.7 Å². The zero-order valence-electron chi connectivity index (χ0n) is 10.5. The molecule has 2 saturated heterocycles. The molecule has 2 atom stereocenters. The Morgan fingerprint density at radius 1 is 1.12 bits per heavy atom. The average Bonchev–Trinajstić information content (AvgIpc) is 2.80. The SMILES string of the molecule is CC(N)C1CCN(S(=O)(=O)N2CCCCC2)C1. The first-order valence-electron chi connectivity index (χ1n) is 6.52. The largest absolute Gasteiger partial charge is 0.328 e. The highest BCUT2D eigenvalue weighted by Crippen LogP contribution is 2.24. The van der Waals surface area contributed by atoms with Crippen LogP contribution in [0.2, 0.25) is 0 Å². The summed E-state index contributed by atoms with van der Waals surface area (Å²) in [4.78, 5) is 0. The second-order valence-electron chi connectivity index (χ2n) is 5.23. The summed E-state index contributed by atoms with van der Waals surface area (Å²) in [5.74, 6) is 0.314. The maximum absolute atomic E-state index is 12.4. The molecular weight excluding hydrogens is 238 g/mol. The van der Waals surface area contributed by atoms with E-state index >= 15 is 0 Å². The van der Waals surface area contributed by atoms with Gasteiger partial charge in [-0.1, -0.05) is 6.42 Å². The summed E-state index contributed by atoms with van der Waals surface area (Å²) in [7, 11) is -3.22. The van der Waals surface area contributed by atoms with Gasteiger partial charge in [0.15, 0.2) is 0 Å². The molecule has 0 amide bonds. The first-order valence-corrected chi connectivity index (χ1v) is 7.92. The Morgan fingerprint density at radius 3 is 2.29 bits per heavy atom. The lowest BCUT2D eigenvalue weighted by molar-refractivity contribution is 0.312. The van der Waals surface area contributed by atoms with Crippen molar-refractivity contribution in [3.8, 4) is 0 Å². The molecule has 2 rings (SSSR count). The summed E-state index contributed by atoms with van der Waals surface area (Å²) in [5, 5.41) is 0. The molecule has 0 aliphatic carbocycles. The molecule has 2 aliphatic heterocycles. The van der Waals surface area contributed by atoms with Gasteiger partial charge in [0.05, 0.1) is 0 Å². The van der Waals surface area contributed by atoms with E-state index in [2.05, 4.69) is 0 Å². The quantitative estimate of drug-likeness (QED) is 0.799. The lowest BCUT2D eigenvalue weighted by atomic mass is 10.0. The molecule has 6 heteroatoms. The van der Waals surface area contributed by atoms with Crippen LogP contribution in [0.3, 0.4) is 0 Å². The Bertz CT molecular complexity index is 350. The lowest BCUT2D eigenvalue weighted by Crippen LogP contribution is -2.45. The van der Waals surface area contributed by atoms with Gasteiger partial charge in [0, 0.05) is 32.2 Å². The van der Waals surface area contributed by atoms with Crippen LogP contribution in [0.1, 0.15) is 32.6 Å². The van der Waals surface area contributed by atoms with Gasteiger partial charge >= 0.3 is 0 Å². The number of nitrogens with two attached hydrogens (primary N) is 1. The molecule has 0 aromatic heterocycles. The van der Waals surface area contributed by atoms with E-state index in [0.29, 0.717) is 32.1 Å². The van der Waals surface area contributed by atoms with Crippen LogP contribution in [-0.2, 0) is 10.2 Å². The van der Waals surface area contributed by atoms with Gasteiger partial charge in [-0.15, -0.1) is 0 Å². The Kier molecular flexibility index (Phi) is 4.07. The molecule has 5 nitrogen and oxygen atoms in total. The maximum atomic E-state index is 12.4. The van der Waals surface area contributed by atoms with E-state index in [1.807, 2.05) is 6.92 Å². The fourth-order valence-electron chi connectivity index (χ4n) is 2.65. The summed E-state index contributed by atoms with van der Waals surface area (Å²) in [6, 6.07) is 0.0801. The normalized spacial score (nSPS) is 30.6. The summed E-state index contributed by atoms with van der Waals surface area (Å²) in [6.45, 7) is 4.55. The lowest BCUT2D eigenvalue weighted by Gasteiger charge is -2.30. The number of nitrogens with zero attached hydrogens (tertiary/aromatic N) is 2. The summed E-state index contributed by atoms with van der Waals surface area (Å²) < 4.78 is 28.0. The molecule has 2 aliphatic rings. The summed E-state index contributed by atoms with van der Waals surface area (Å²) in [6.07, 6.45) is 4.02. The first kappa shape index (κ1) is 13.3. The van der Waals surface area contributed by atoms with Gasteiger partial charge in [-0.3, -0.25) is 0 Å². The molecule has 0 radical (unpaired) electrons. The highest BCUT2D eigenvalue weighted by molar-refractivity contribution is 7.86. The third-order valence-corrected chi connectivity index (χ3v) is 5.90. The smallest absolute Gasteiger partial charge is 0.281 e. The molecule has 0 aromatic carbocycles. The van der Waals surface area contributed by atoms with Crippen LogP contribution in [-0.4, -0.2) is 49.2 Å². The predicted octanol–water partition coefficient (Wildman–Crippen LogP) is 0.386. The summed E-state index contributed by atoms with van der Waals surface area (Å²) in [5.41, 5.74) is 5.85. The average molecular weight is 261 g/mol. The minimum Gasteiger partial charge on any atom is -0.328 e. The van der Waals surface area contributed by atoms with Gasteiger partial charge in [-0.05, 0) is 32.1 Å². The molecule has 0 bridgehead atoms. The van der Waals surface area contributed by atoms with Crippen LogP contribution in [0.5, 0.6) is 0 Å². The van der Waals surface area contributed by atoms with Crippen molar-refractivity contribution in [2.24, 2.45) is 11.7 Å². The van der Waals surface area contributed by atoms with Crippen LogP contribution in [0, 0.1) is 5.92 Å². The van der Waals surface area contributed by atoms with E-state index in [1.165, 1.54) is 0 Å². The van der Waals surface area contributed by atoms with Crippen LogP contribution >= 0.6 is 0 Å². The molecular formula is C11H23N3O2S. The highest BCUT2D eigenvalue weighted by Gasteiger charge is 2.36. The van der Waals surface area contributed by atoms with E-state index in [-0.39, 0.29) is 6.04 Å². The van der Waals surface area contributed by atoms with Crippen LogP contribution in [0.15, 0.2) is 0 Å². The van der Waals surface area contributed by atoms with Gasteiger partial charge in [0.2, 0.25) is 0 Å². The van der Waals surface area contributed by atoms with Crippen molar-refractivity contribution in [2.75, 3.05) is 26.2 Å². The van der Waals surface area contributed by atoms with Gasteiger partial charge < -0.3 is 5.73 Å². The second-order valence-corrected chi connectivity index (χ2v) is 7.16. The van der Waals surface area contributed by atoms with E-state index in [1.54, 1.807) is 8.61 Å². The van der Waals surface area contributed by atoms with Crippen LogP contribution in [0.4, 0.5) is 0 Å². The molecule has 2 unspecified atom stereocenters. The van der Waals surface area contributed by atoms with Crippen molar-refractivity contribution in [1.82, 2.24) is 8.61 Å². The minimum atomic E-state index is -3.22. The number of rotatable bonds is 3. The maximum Gasteiger partial charge on any atom is 0.281 e. The van der Waals surface area contributed by atoms with Crippen molar-refractivity contribution in [1.29, 1.82) is 0 Å². The standard InChI is InChI=1S/C11H23N3O2S/c1-10(12)11-5-8-14(9-11)17(15,16)13-6-3-2-4-7-13/h10-11H,2-9,12H2,1H3. The molecule has 0 aromatic rings. The monoisotopic (exact) mass is 261 g/mol. The van der Waals surface area contributed by atoms with E-state index in [4.69, 9.17) is 5.73 Å². The fourth-order valence-corrected chi connectivity index (χ4v) is 4.41. The summed E-state index contributed by atoms with van der Waals surface area (Å²) >= 11 is 0. The van der Waals surface area contributed by atoms with E-state index in [9.17, 15) is 8.42 Å². The third kappa shape index (κ3) is 2.81. The van der Waals surface area contributed by atoms with E-state index < -0.39 is 10.2 Å². The van der Waals surface area contributed by atoms with Gasteiger partial charge in [0.25, 0.3) is 10.2 Å². The molecule has 100 valence electrons. The van der Waals surface area contributed by atoms with Crippen molar-refractivity contribution in [3.05, 3.63) is 0 Å². The zero-order valence-corrected chi connectivity index (χ0v) is 11.3. The third-order valence-electron chi connectivity index (χ3n) is 3.90. The van der Waals surface area contributed by atoms with Crippen molar-refractivity contribution >= 4 is 10.2 Å². The fraction of sp³-hybridized carbons (Fsp3) is 1.00. The van der Waals surface area contributed by atoms with Crippen molar-refractivity contribution in [3.63, 3.8) is 0 Å². The Morgan fingerprint density at radius 2 is 1.76 bits per heavy atom. The Hall–Kier alpha value is -0.170. The molecule has 17 heavy (non-hydrogen) atoms. The van der Waals surface area contributed by atoms with Crippen molar-refractivity contribution < 1.29 is 8.42 Å². The van der Waals surface area contributed by atoms with Gasteiger partial charge in [-0.25, -0.2) is 0 Å². The molecule has 2 fully saturated rings. The number of hydrogen-bond acceptors (Lipinski definition) is 3. The van der Waals surface area contributed by atoms with Gasteiger partial charge in [0.1, 0.15) is 0 Å². The highest BCUT2D eigenvalue weighted by atomic mass is 32.2. The number of hydrogen-bond donors (Lipinski definition) is 1. The Labute approximate surface area is 104 Å². The van der Waals surface area contributed by atoms with Crippen molar-refractivity contribution in [2.45, 2.75) is 38.6 Å². The first-order chi connectivity index (χ1) is 8.01. The van der Waals surface area contributed by atoms with Crippen LogP contribution < -0.4 is 5.73 Å². The Balaban J connectivity index is 2.01. The molecule has 2 heterocycles. The molecule has 2 N–H and O–H groups in total. The predicted molar refractivity (Wildman–Crippen MR) is 67.7 cm³/mol. The molecule has 0 saturated carbocycles. The minimum absolute atomic E-state index is 0.0801. The second kappa shape index (κ2) is 5.22. The van der Waals surface area contributed by atoms with Gasteiger partial charge in [-0.2, -0.15) is 17.0 Å². The number of piperidine rings is 1.